The molecule has 0 spiro atoms. The zero-order valence-corrected chi connectivity index (χ0v) is 14.3. The first-order chi connectivity index (χ1) is 11.7. The van der Waals surface area contributed by atoms with Crippen LogP contribution in [0.2, 0.25) is 0 Å². The first kappa shape index (κ1) is 16.7. The molecule has 1 aromatic heterocycles. The number of fused-ring (bicyclic) bond motifs is 1. The molecule has 1 aliphatic rings. The Bertz CT molecular complexity index is 763. The molecule has 0 atom stereocenters. The van der Waals surface area contributed by atoms with Gasteiger partial charge in [-0.2, -0.15) is 0 Å². The van der Waals surface area contributed by atoms with E-state index >= 15 is 0 Å². The van der Waals surface area contributed by atoms with Crippen LogP contribution in [0.3, 0.4) is 0 Å². The van der Waals surface area contributed by atoms with Crippen LogP contribution < -0.4 is 5.56 Å². The van der Waals surface area contributed by atoms with Crippen LogP contribution in [0, 0.1) is 5.92 Å². The predicted octanol–water partition coefficient (Wildman–Crippen LogP) is 3.24. The van der Waals surface area contributed by atoms with E-state index in [4.69, 9.17) is 0 Å². The van der Waals surface area contributed by atoms with Gasteiger partial charge in [0.1, 0.15) is 5.82 Å². The number of benzene rings is 1. The molecule has 0 aliphatic heterocycles. The molecule has 3 rings (SSSR count). The van der Waals surface area contributed by atoms with Gasteiger partial charge in [-0.3, -0.25) is 9.59 Å². The zero-order chi connectivity index (χ0) is 16.9. The molecule has 0 bridgehead atoms. The van der Waals surface area contributed by atoms with E-state index in [1.54, 1.807) is 11.0 Å². The van der Waals surface area contributed by atoms with Gasteiger partial charge < -0.3 is 9.88 Å². The number of aromatic amines is 1. The second kappa shape index (κ2) is 7.60. The van der Waals surface area contributed by atoms with Gasteiger partial charge in [0.05, 0.1) is 17.4 Å². The zero-order valence-electron chi connectivity index (χ0n) is 14.3. The quantitative estimate of drug-likeness (QED) is 0.917. The van der Waals surface area contributed by atoms with Gasteiger partial charge in [-0.15, -0.1) is 0 Å². The monoisotopic (exact) mass is 327 g/mol. The molecule has 24 heavy (non-hydrogen) atoms. The molecule has 0 radical (unpaired) electrons. The van der Waals surface area contributed by atoms with E-state index in [0.29, 0.717) is 42.2 Å². The number of H-pyrrole nitrogens is 1. The van der Waals surface area contributed by atoms with Crippen LogP contribution in [-0.4, -0.2) is 27.3 Å². The molecule has 5 nitrogen and oxygen atoms in total. The molecule has 2 aromatic rings. The van der Waals surface area contributed by atoms with Gasteiger partial charge in [0, 0.05) is 13.0 Å². The number of hydrogen-bond donors (Lipinski definition) is 1. The Morgan fingerprint density at radius 2 is 2.00 bits per heavy atom. The van der Waals surface area contributed by atoms with Crippen molar-refractivity contribution in [1.82, 2.24) is 14.9 Å². The Morgan fingerprint density at radius 3 is 2.75 bits per heavy atom. The van der Waals surface area contributed by atoms with Crippen molar-refractivity contribution in [3.05, 3.63) is 40.4 Å². The number of nitrogens with zero attached hydrogens (tertiary/aromatic N) is 2. The Hall–Kier alpha value is -2.17. The van der Waals surface area contributed by atoms with E-state index in [0.717, 1.165) is 12.8 Å². The van der Waals surface area contributed by atoms with Gasteiger partial charge >= 0.3 is 0 Å². The fourth-order valence-electron chi connectivity index (χ4n) is 3.53. The van der Waals surface area contributed by atoms with Crippen molar-refractivity contribution >= 4 is 16.8 Å². The van der Waals surface area contributed by atoms with E-state index in [1.165, 1.54) is 19.3 Å². The second-order valence-electron chi connectivity index (χ2n) is 6.65. The molecule has 1 amide bonds. The topological polar surface area (TPSA) is 66.1 Å². The summed E-state index contributed by atoms with van der Waals surface area (Å²) in [6.45, 7) is 2.96. The van der Waals surface area contributed by atoms with Crippen molar-refractivity contribution in [3.63, 3.8) is 0 Å². The maximum absolute atomic E-state index is 12.6. The van der Waals surface area contributed by atoms with Gasteiger partial charge in [-0.25, -0.2) is 4.98 Å². The number of aromatic nitrogens is 2. The lowest BCUT2D eigenvalue weighted by molar-refractivity contribution is -0.133. The summed E-state index contributed by atoms with van der Waals surface area (Å²) in [4.78, 5) is 33.9. The number of para-hydroxylation sites is 1. The standard InChI is InChI=1S/C19H25N3O2/c1-2-22(18(23)12-14-8-4-3-5-9-14)13-17-20-16-11-7-6-10-15(16)19(24)21-17/h6-7,10-11,14H,2-5,8-9,12-13H2,1H3,(H,20,21,24). The number of rotatable bonds is 5. The molecule has 0 unspecified atom stereocenters. The van der Waals surface area contributed by atoms with Gasteiger partial charge in [0.15, 0.2) is 0 Å². The Morgan fingerprint density at radius 1 is 1.25 bits per heavy atom. The third kappa shape index (κ3) is 3.83. The molecule has 1 saturated carbocycles. The summed E-state index contributed by atoms with van der Waals surface area (Å²) in [5.74, 6) is 1.24. The molecule has 1 aliphatic carbocycles. The van der Waals surface area contributed by atoms with Crippen LogP contribution in [-0.2, 0) is 11.3 Å². The van der Waals surface area contributed by atoms with Gasteiger partial charge in [-0.1, -0.05) is 31.4 Å². The highest BCUT2D eigenvalue weighted by Gasteiger charge is 2.21. The van der Waals surface area contributed by atoms with Crippen LogP contribution >= 0.6 is 0 Å². The summed E-state index contributed by atoms with van der Waals surface area (Å²) in [6.07, 6.45) is 6.71. The fraction of sp³-hybridized carbons (Fsp3) is 0.526. The lowest BCUT2D eigenvalue weighted by atomic mass is 9.86. The molecular weight excluding hydrogens is 302 g/mol. The van der Waals surface area contributed by atoms with E-state index in [-0.39, 0.29) is 11.5 Å². The highest BCUT2D eigenvalue weighted by molar-refractivity contribution is 5.78. The largest absolute Gasteiger partial charge is 0.335 e. The number of carbonyl (C=O) groups excluding carboxylic acids is 1. The fourth-order valence-corrected chi connectivity index (χ4v) is 3.53. The lowest BCUT2D eigenvalue weighted by Crippen LogP contribution is -2.33. The molecule has 0 saturated heterocycles. The lowest BCUT2D eigenvalue weighted by Gasteiger charge is -2.25. The number of carbonyl (C=O) groups is 1. The Kier molecular flexibility index (Phi) is 5.28. The first-order valence-electron chi connectivity index (χ1n) is 8.93. The average molecular weight is 327 g/mol. The molecule has 128 valence electrons. The third-order valence-electron chi connectivity index (χ3n) is 4.93. The van der Waals surface area contributed by atoms with Crippen LogP contribution in [0.5, 0.6) is 0 Å². The minimum Gasteiger partial charge on any atom is -0.335 e. The van der Waals surface area contributed by atoms with E-state index in [2.05, 4.69) is 9.97 Å². The summed E-state index contributed by atoms with van der Waals surface area (Å²) in [5.41, 5.74) is 0.526. The third-order valence-corrected chi connectivity index (χ3v) is 4.93. The van der Waals surface area contributed by atoms with Crippen molar-refractivity contribution in [3.8, 4) is 0 Å². The predicted molar refractivity (Wildman–Crippen MR) is 94.6 cm³/mol. The highest BCUT2D eigenvalue weighted by Crippen LogP contribution is 2.27. The van der Waals surface area contributed by atoms with E-state index in [9.17, 15) is 9.59 Å². The maximum Gasteiger partial charge on any atom is 0.258 e. The maximum atomic E-state index is 12.6. The Balaban J connectivity index is 1.72. The molecule has 5 heteroatoms. The van der Waals surface area contributed by atoms with Gasteiger partial charge in [-0.05, 0) is 37.8 Å². The minimum absolute atomic E-state index is 0.147. The van der Waals surface area contributed by atoms with Crippen molar-refractivity contribution in [2.75, 3.05) is 6.54 Å². The average Bonchev–Trinajstić information content (AvgIpc) is 2.60. The number of amides is 1. The smallest absolute Gasteiger partial charge is 0.258 e. The highest BCUT2D eigenvalue weighted by atomic mass is 16.2. The van der Waals surface area contributed by atoms with E-state index in [1.807, 2.05) is 25.1 Å². The second-order valence-corrected chi connectivity index (χ2v) is 6.65. The van der Waals surface area contributed by atoms with Gasteiger partial charge in [0.2, 0.25) is 5.91 Å². The van der Waals surface area contributed by atoms with Crippen LogP contribution in [0.25, 0.3) is 10.9 Å². The van der Waals surface area contributed by atoms with Crippen LogP contribution in [0.4, 0.5) is 0 Å². The summed E-state index contributed by atoms with van der Waals surface area (Å²) < 4.78 is 0. The molecule has 1 fully saturated rings. The number of hydrogen-bond acceptors (Lipinski definition) is 3. The van der Waals surface area contributed by atoms with Crippen molar-refractivity contribution < 1.29 is 4.79 Å². The van der Waals surface area contributed by atoms with Crippen LogP contribution in [0.15, 0.2) is 29.1 Å². The molecular formula is C19H25N3O2. The summed E-state index contributed by atoms with van der Waals surface area (Å²) in [7, 11) is 0. The summed E-state index contributed by atoms with van der Waals surface area (Å²) in [6, 6.07) is 7.28. The van der Waals surface area contributed by atoms with Crippen molar-refractivity contribution in [1.29, 1.82) is 0 Å². The molecule has 1 heterocycles. The SMILES string of the molecule is CCN(Cc1nc2ccccc2c(=O)[nH]1)C(=O)CC1CCCCC1. The normalized spacial score (nSPS) is 15.5. The summed E-state index contributed by atoms with van der Waals surface area (Å²) >= 11 is 0. The first-order valence-corrected chi connectivity index (χ1v) is 8.93. The van der Waals surface area contributed by atoms with Crippen LogP contribution in [0.1, 0.15) is 51.3 Å². The minimum atomic E-state index is -0.147. The summed E-state index contributed by atoms with van der Waals surface area (Å²) in [5, 5.41) is 0.581. The Labute approximate surface area is 142 Å². The van der Waals surface area contributed by atoms with Crippen molar-refractivity contribution in [2.45, 2.75) is 52.0 Å². The van der Waals surface area contributed by atoms with Crippen molar-refractivity contribution in [2.24, 2.45) is 5.92 Å². The molecule has 1 aromatic carbocycles. The van der Waals surface area contributed by atoms with Gasteiger partial charge in [0.25, 0.3) is 5.56 Å². The molecule has 1 N–H and O–H groups in total. The van der Waals surface area contributed by atoms with E-state index < -0.39 is 0 Å². The number of nitrogens with one attached hydrogen (secondary N) is 1.